The molecule has 0 radical (unpaired) electrons. The van der Waals surface area contributed by atoms with Gasteiger partial charge in [-0.05, 0) is 48.1 Å². The predicted octanol–water partition coefficient (Wildman–Crippen LogP) is 4.14. The number of methoxy groups -OCH3 is 1. The Labute approximate surface area is 233 Å². The number of hydrogen-bond donors (Lipinski definition) is 2. The molecule has 198 valence electrons. The Balaban J connectivity index is 1.43. The van der Waals surface area contributed by atoms with Gasteiger partial charge < -0.3 is 10.1 Å². The van der Waals surface area contributed by atoms with Gasteiger partial charge in [-0.1, -0.05) is 66.0 Å². The van der Waals surface area contributed by atoms with Crippen molar-refractivity contribution in [1.82, 2.24) is 30.3 Å². The van der Waals surface area contributed by atoms with E-state index in [-0.39, 0.29) is 30.5 Å². The molecule has 38 heavy (non-hydrogen) atoms. The average Bonchev–Trinajstić information content (AvgIpc) is 3.53. The minimum absolute atomic E-state index is 0.115. The SMILES string of the molecule is CCSc1nnc(NC(=O)CSc2nnc(CNC(=O)Cc3ccc(OC)cc3)n2-c2cccc(C)c2)s1. The Bertz CT molecular complexity index is 1390. The van der Waals surface area contributed by atoms with Crippen LogP contribution in [0.2, 0.25) is 0 Å². The van der Waals surface area contributed by atoms with E-state index in [1.807, 2.05) is 66.9 Å². The topological polar surface area (TPSA) is 124 Å². The van der Waals surface area contributed by atoms with Crippen LogP contribution in [0.1, 0.15) is 23.9 Å². The smallest absolute Gasteiger partial charge is 0.236 e. The van der Waals surface area contributed by atoms with Gasteiger partial charge in [-0.25, -0.2) is 0 Å². The van der Waals surface area contributed by atoms with Crippen molar-refractivity contribution in [2.45, 2.75) is 36.3 Å². The number of hydrogen-bond acceptors (Lipinski definition) is 10. The second-order valence-electron chi connectivity index (χ2n) is 8.02. The van der Waals surface area contributed by atoms with Crippen LogP contribution < -0.4 is 15.4 Å². The molecule has 13 heteroatoms. The van der Waals surface area contributed by atoms with E-state index in [4.69, 9.17) is 4.74 Å². The summed E-state index contributed by atoms with van der Waals surface area (Å²) in [4.78, 5) is 25.2. The Kier molecular flexibility index (Phi) is 9.73. The van der Waals surface area contributed by atoms with Crippen molar-refractivity contribution in [1.29, 1.82) is 0 Å². The Hall–Kier alpha value is -3.42. The van der Waals surface area contributed by atoms with Gasteiger partial charge in [-0.15, -0.1) is 20.4 Å². The molecule has 10 nitrogen and oxygen atoms in total. The van der Waals surface area contributed by atoms with Crippen LogP contribution in [0.15, 0.2) is 58.0 Å². The molecular formula is C25H27N7O3S3. The third-order valence-corrected chi connectivity index (χ3v) is 7.96. The van der Waals surface area contributed by atoms with E-state index in [9.17, 15) is 9.59 Å². The zero-order valence-electron chi connectivity index (χ0n) is 21.1. The number of aromatic nitrogens is 5. The van der Waals surface area contributed by atoms with Crippen molar-refractivity contribution in [2.24, 2.45) is 0 Å². The number of thioether (sulfide) groups is 2. The molecule has 0 unspecified atom stereocenters. The minimum atomic E-state index is -0.215. The lowest BCUT2D eigenvalue weighted by atomic mass is 10.1. The first-order valence-electron chi connectivity index (χ1n) is 11.7. The standard InChI is InChI=1S/C25H27N7O3S3/c1-4-36-25-31-29-23(38-25)27-22(34)15-37-24-30-28-20(32(24)18-7-5-6-16(2)12-18)14-26-21(33)13-17-8-10-19(35-3)11-9-17/h5-12H,4,13-15H2,1-3H3,(H,26,33)(H,27,29,34). The molecule has 0 aliphatic carbocycles. The highest BCUT2D eigenvalue weighted by Gasteiger charge is 2.18. The summed E-state index contributed by atoms with van der Waals surface area (Å²) in [6.45, 7) is 4.22. The molecule has 0 bridgehead atoms. The van der Waals surface area contributed by atoms with E-state index in [1.165, 1.54) is 23.1 Å². The van der Waals surface area contributed by atoms with Crippen LogP contribution in [-0.2, 0) is 22.6 Å². The van der Waals surface area contributed by atoms with Crippen LogP contribution in [0.5, 0.6) is 5.75 Å². The highest BCUT2D eigenvalue weighted by Crippen LogP contribution is 2.26. The number of carbonyl (C=O) groups excluding carboxylic acids is 2. The lowest BCUT2D eigenvalue weighted by molar-refractivity contribution is -0.120. The van der Waals surface area contributed by atoms with Gasteiger partial charge in [0.25, 0.3) is 0 Å². The number of amides is 2. The van der Waals surface area contributed by atoms with Crippen LogP contribution in [0.4, 0.5) is 5.13 Å². The summed E-state index contributed by atoms with van der Waals surface area (Å²) >= 11 is 4.18. The van der Waals surface area contributed by atoms with Crippen LogP contribution in [-0.4, -0.2) is 55.4 Å². The molecule has 0 fully saturated rings. The normalized spacial score (nSPS) is 10.8. The lowest BCUT2D eigenvalue weighted by Gasteiger charge is -2.12. The van der Waals surface area contributed by atoms with Gasteiger partial charge in [-0.2, -0.15) is 0 Å². The average molecular weight is 570 g/mol. The minimum Gasteiger partial charge on any atom is -0.497 e. The van der Waals surface area contributed by atoms with Crippen molar-refractivity contribution < 1.29 is 14.3 Å². The van der Waals surface area contributed by atoms with E-state index < -0.39 is 0 Å². The highest BCUT2D eigenvalue weighted by molar-refractivity contribution is 8.01. The predicted molar refractivity (Wildman–Crippen MR) is 150 cm³/mol. The number of anilines is 1. The summed E-state index contributed by atoms with van der Waals surface area (Å²) in [7, 11) is 1.60. The maximum Gasteiger partial charge on any atom is 0.236 e. The monoisotopic (exact) mass is 569 g/mol. The summed E-state index contributed by atoms with van der Waals surface area (Å²) in [5, 5.41) is 23.4. The van der Waals surface area contributed by atoms with Crippen LogP contribution >= 0.6 is 34.9 Å². The van der Waals surface area contributed by atoms with Gasteiger partial charge in [0.15, 0.2) is 15.3 Å². The lowest BCUT2D eigenvalue weighted by Crippen LogP contribution is -2.26. The Morgan fingerprint density at radius 3 is 2.58 bits per heavy atom. The van der Waals surface area contributed by atoms with Gasteiger partial charge >= 0.3 is 0 Å². The van der Waals surface area contributed by atoms with Crippen LogP contribution in [0, 0.1) is 6.92 Å². The second-order valence-corrected chi connectivity index (χ2v) is 11.4. The summed E-state index contributed by atoms with van der Waals surface area (Å²) < 4.78 is 7.84. The third kappa shape index (κ3) is 7.55. The zero-order valence-corrected chi connectivity index (χ0v) is 23.6. The van der Waals surface area contributed by atoms with E-state index in [0.29, 0.717) is 16.1 Å². The first-order valence-corrected chi connectivity index (χ1v) is 14.5. The van der Waals surface area contributed by atoms with Crippen molar-refractivity contribution in [3.8, 4) is 11.4 Å². The first-order chi connectivity index (χ1) is 18.4. The molecule has 0 aliphatic rings. The summed E-state index contributed by atoms with van der Waals surface area (Å²) in [6, 6.07) is 15.3. The van der Waals surface area contributed by atoms with Crippen LogP contribution in [0.3, 0.4) is 0 Å². The number of carbonyl (C=O) groups is 2. The molecule has 2 heterocycles. The van der Waals surface area contributed by atoms with E-state index >= 15 is 0 Å². The van der Waals surface area contributed by atoms with Crippen molar-refractivity contribution in [3.63, 3.8) is 0 Å². The molecule has 0 saturated carbocycles. The number of nitrogens with zero attached hydrogens (tertiary/aromatic N) is 5. The third-order valence-electron chi connectivity index (χ3n) is 5.18. The number of ether oxygens (including phenoxy) is 1. The van der Waals surface area contributed by atoms with Gasteiger partial charge in [0.2, 0.25) is 16.9 Å². The summed E-state index contributed by atoms with van der Waals surface area (Å²) in [5.41, 5.74) is 2.79. The molecule has 4 rings (SSSR count). The molecule has 2 amide bonds. The van der Waals surface area contributed by atoms with E-state index in [0.717, 1.165) is 32.7 Å². The maximum atomic E-state index is 12.6. The maximum absolute atomic E-state index is 12.6. The van der Waals surface area contributed by atoms with Gasteiger partial charge in [-0.3, -0.25) is 19.5 Å². The number of benzene rings is 2. The highest BCUT2D eigenvalue weighted by atomic mass is 32.2. The number of nitrogens with one attached hydrogen (secondary N) is 2. The fraction of sp³-hybridized carbons (Fsp3) is 0.280. The molecule has 0 atom stereocenters. The molecule has 0 saturated heterocycles. The molecule has 2 N–H and O–H groups in total. The van der Waals surface area contributed by atoms with Gasteiger partial charge in [0.05, 0.1) is 25.8 Å². The molecular weight excluding hydrogens is 543 g/mol. The zero-order chi connectivity index (χ0) is 26.9. The summed E-state index contributed by atoms with van der Waals surface area (Å²) in [6.07, 6.45) is 0.231. The van der Waals surface area contributed by atoms with Crippen molar-refractivity contribution in [3.05, 3.63) is 65.5 Å². The van der Waals surface area contributed by atoms with E-state index in [1.54, 1.807) is 18.9 Å². The fourth-order valence-electron chi connectivity index (χ4n) is 3.43. The number of aryl methyl sites for hydroxylation is 1. The molecule has 0 spiro atoms. The van der Waals surface area contributed by atoms with Gasteiger partial charge in [0.1, 0.15) is 5.75 Å². The molecule has 2 aromatic carbocycles. The number of rotatable bonds is 12. The van der Waals surface area contributed by atoms with Crippen molar-refractivity contribution in [2.75, 3.05) is 23.9 Å². The largest absolute Gasteiger partial charge is 0.497 e. The van der Waals surface area contributed by atoms with Crippen LogP contribution in [0.25, 0.3) is 5.69 Å². The van der Waals surface area contributed by atoms with Gasteiger partial charge in [0, 0.05) is 5.69 Å². The Morgan fingerprint density at radius 2 is 1.84 bits per heavy atom. The first kappa shape index (κ1) is 27.6. The Morgan fingerprint density at radius 1 is 1.03 bits per heavy atom. The summed E-state index contributed by atoms with van der Waals surface area (Å²) in [5.74, 6) is 1.95. The second kappa shape index (κ2) is 13.4. The molecule has 2 aromatic heterocycles. The van der Waals surface area contributed by atoms with Crippen molar-refractivity contribution >= 4 is 51.8 Å². The molecule has 4 aromatic rings. The quantitative estimate of drug-likeness (QED) is 0.191. The fourth-order valence-corrected chi connectivity index (χ4v) is 5.87. The van der Waals surface area contributed by atoms with E-state index in [2.05, 4.69) is 31.0 Å². The molecule has 0 aliphatic heterocycles.